The largest absolute Gasteiger partial charge is 0.309 e. The van der Waals surface area contributed by atoms with Gasteiger partial charge in [0.1, 0.15) is 0 Å². The Labute approximate surface area is 193 Å². The van der Waals surface area contributed by atoms with Crippen molar-refractivity contribution >= 4 is 66.6 Å². The summed E-state index contributed by atoms with van der Waals surface area (Å²) in [6.45, 7) is 1.42. The molecule has 1 aromatic heterocycles. The second-order valence-corrected chi connectivity index (χ2v) is 8.84. The van der Waals surface area contributed by atoms with Crippen LogP contribution in [0.3, 0.4) is 0 Å². The standard InChI is InChI=1S/C20H21BrN4O3S.ClH/c1-23(2)10-3-11-24(20-22-17-9-6-15(21)13-18(17)29-20)19(26)12-14-4-7-16(8-5-14)25(27)28;/h4-9,13H,3,10-12H2,1-2H3;1H. The first kappa shape index (κ1) is 24.2. The van der Waals surface area contributed by atoms with Crippen LogP contribution in [0.1, 0.15) is 12.0 Å². The molecular formula is C20H22BrClN4O3S. The Morgan fingerprint density at radius 2 is 1.87 bits per heavy atom. The number of non-ortho nitro benzene ring substituents is 1. The highest BCUT2D eigenvalue weighted by atomic mass is 79.9. The fourth-order valence-electron chi connectivity index (χ4n) is 2.88. The molecule has 0 aliphatic heterocycles. The van der Waals surface area contributed by atoms with E-state index in [4.69, 9.17) is 0 Å². The number of rotatable bonds is 8. The second kappa shape index (κ2) is 10.8. The van der Waals surface area contributed by atoms with E-state index in [1.807, 2.05) is 32.3 Å². The maximum atomic E-state index is 13.1. The molecule has 0 atom stereocenters. The van der Waals surface area contributed by atoms with Crippen molar-refractivity contribution in [3.63, 3.8) is 0 Å². The molecule has 7 nitrogen and oxygen atoms in total. The second-order valence-electron chi connectivity index (χ2n) is 6.91. The molecule has 1 amide bonds. The summed E-state index contributed by atoms with van der Waals surface area (Å²) < 4.78 is 1.98. The Morgan fingerprint density at radius 3 is 2.50 bits per heavy atom. The van der Waals surface area contributed by atoms with Crippen LogP contribution in [0.2, 0.25) is 0 Å². The van der Waals surface area contributed by atoms with Crippen molar-refractivity contribution in [2.75, 3.05) is 32.1 Å². The van der Waals surface area contributed by atoms with E-state index in [0.717, 1.165) is 33.2 Å². The molecule has 160 valence electrons. The third-order valence-corrected chi connectivity index (χ3v) is 5.90. The number of nitro groups is 1. The van der Waals surface area contributed by atoms with Gasteiger partial charge >= 0.3 is 0 Å². The van der Waals surface area contributed by atoms with Crippen molar-refractivity contribution in [2.45, 2.75) is 12.8 Å². The number of anilines is 1. The molecule has 1 heterocycles. The van der Waals surface area contributed by atoms with Gasteiger partial charge in [0.25, 0.3) is 5.69 Å². The summed E-state index contributed by atoms with van der Waals surface area (Å²) in [6, 6.07) is 12.0. The van der Waals surface area contributed by atoms with Crippen molar-refractivity contribution in [1.29, 1.82) is 0 Å². The van der Waals surface area contributed by atoms with E-state index in [1.54, 1.807) is 17.0 Å². The molecular weight excluding hydrogens is 492 g/mol. The van der Waals surface area contributed by atoms with Crippen LogP contribution in [0, 0.1) is 10.1 Å². The molecule has 0 saturated heterocycles. The molecule has 30 heavy (non-hydrogen) atoms. The minimum atomic E-state index is -0.446. The van der Waals surface area contributed by atoms with Crippen molar-refractivity contribution in [2.24, 2.45) is 0 Å². The Morgan fingerprint density at radius 1 is 1.17 bits per heavy atom. The number of thiazole rings is 1. The van der Waals surface area contributed by atoms with Crippen molar-refractivity contribution < 1.29 is 9.72 Å². The fourth-order valence-corrected chi connectivity index (χ4v) is 4.44. The van der Waals surface area contributed by atoms with Gasteiger partial charge in [-0.25, -0.2) is 4.98 Å². The SMILES string of the molecule is CN(C)CCCN(C(=O)Cc1ccc([N+](=O)[O-])cc1)c1nc2ccc(Br)cc2s1.Cl. The minimum Gasteiger partial charge on any atom is -0.309 e. The first-order valence-corrected chi connectivity index (χ1v) is 10.7. The molecule has 0 N–H and O–H groups in total. The average molecular weight is 514 g/mol. The Kier molecular flexibility index (Phi) is 8.72. The highest BCUT2D eigenvalue weighted by Crippen LogP contribution is 2.31. The number of hydrogen-bond acceptors (Lipinski definition) is 6. The third kappa shape index (κ3) is 6.21. The molecule has 0 spiro atoms. The lowest BCUT2D eigenvalue weighted by molar-refractivity contribution is -0.384. The molecule has 0 radical (unpaired) electrons. The number of nitro benzene ring substituents is 1. The van der Waals surface area contributed by atoms with E-state index in [0.29, 0.717) is 11.7 Å². The molecule has 0 unspecified atom stereocenters. The van der Waals surface area contributed by atoms with Crippen LogP contribution >= 0.6 is 39.7 Å². The molecule has 0 fully saturated rings. The molecule has 2 aromatic carbocycles. The summed E-state index contributed by atoms with van der Waals surface area (Å²) in [4.78, 5) is 31.9. The number of nitrogens with zero attached hydrogens (tertiary/aromatic N) is 4. The number of carbonyl (C=O) groups is 1. The number of fused-ring (bicyclic) bond motifs is 1. The number of amides is 1. The summed E-state index contributed by atoms with van der Waals surface area (Å²) >= 11 is 4.96. The van der Waals surface area contributed by atoms with Crippen LogP contribution in [0.15, 0.2) is 46.9 Å². The van der Waals surface area contributed by atoms with Crippen LogP contribution in [-0.4, -0.2) is 47.9 Å². The predicted molar refractivity (Wildman–Crippen MR) is 127 cm³/mol. The van der Waals surface area contributed by atoms with Crippen LogP contribution in [-0.2, 0) is 11.2 Å². The quantitative estimate of drug-likeness (QED) is 0.316. The van der Waals surface area contributed by atoms with E-state index in [2.05, 4.69) is 25.8 Å². The van der Waals surface area contributed by atoms with Crippen LogP contribution in [0.25, 0.3) is 10.2 Å². The zero-order valence-corrected chi connectivity index (χ0v) is 19.8. The average Bonchev–Trinajstić information content (AvgIpc) is 3.07. The van der Waals surface area contributed by atoms with Gasteiger partial charge in [-0.15, -0.1) is 12.4 Å². The van der Waals surface area contributed by atoms with Gasteiger partial charge in [-0.2, -0.15) is 0 Å². The first-order chi connectivity index (χ1) is 13.8. The lowest BCUT2D eigenvalue weighted by Crippen LogP contribution is -2.34. The molecule has 0 bridgehead atoms. The Balaban J connectivity index is 0.00000320. The Hall–Kier alpha value is -2.07. The van der Waals surface area contributed by atoms with E-state index in [1.165, 1.54) is 23.5 Å². The zero-order chi connectivity index (χ0) is 21.0. The number of carbonyl (C=O) groups excluding carboxylic acids is 1. The predicted octanol–water partition coefficient (Wildman–Crippen LogP) is 4.92. The van der Waals surface area contributed by atoms with Crippen molar-refractivity contribution in [3.05, 3.63) is 62.6 Å². The first-order valence-electron chi connectivity index (χ1n) is 9.08. The number of aromatic nitrogens is 1. The maximum Gasteiger partial charge on any atom is 0.269 e. The van der Waals surface area contributed by atoms with Crippen LogP contribution in [0.5, 0.6) is 0 Å². The van der Waals surface area contributed by atoms with Gasteiger partial charge < -0.3 is 4.90 Å². The van der Waals surface area contributed by atoms with Crippen LogP contribution in [0.4, 0.5) is 10.8 Å². The highest BCUT2D eigenvalue weighted by Gasteiger charge is 2.20. The third-order valence-electron chi connectivity index (χ3n) is 4.36. The Bertz CT molecular complexity index is 1030. The summed E-state index contributed by atoms with van der Waals surface area (Å²) in [5.74, 6) is -0.0734. The summed E-state index contributed by atoms with van der Waals surface area (Å²) in [5.41, 5.74) is 1.61. The normalized spacial score (nSPS) is 10.8. The zero-order valence-electron chi connectivity index (χ0n) is 16.6. The monoisotopic (exact) mass is 512 g/mol. The summed E-state index contributed by atoms with van der Waals surface area (Å²) in [6.07, 6.45) is 0.984. The highest BCUT2D eigenvalue weighted by molar-refractivity contribution is 9.10. The summed E-state index contributed by atoms with van der Waals surface area (Å²) in [5, 5.41) is 11.5. The molecule has 0 aliphatic carbocycles. The fraction of sp³-hybridized carbons (Fsp3) is 0.300. The van der Waals surface area contributed by atoms with Gasteiger partial charge in [0.15, 0.2) is 5.13 Å². The molecule has 3 aromatic rings. The van der Waals surface area contributed by atoms with Gasteiger partial charge in [-0.3, -0.25) is 19.8 Å². The lowest BCUT2D eigenvalue weighted by Gasteiger charge is -2.21. The van der Waals surface area contributed by atoms with E-state index in [-0.39, 0.29) is 30.4 Å². The minimum absolute atomic E-state index is 0. The number of hydrogen-bond donors (Lipinski definition) is 0. The number of benzene rings is 2. The topological polar surface area (TPSA) is 79.6 Å². The van der Waals surface area contributed by atoms with Crippen molar-refractivity contribution in [3.8, 4) is 0 Å². The van der Waals surface area contributed by atoms with Gasteiger partial charge in [-0.05, 0) is 50.8 Å². The molecule has 10 heteroatoms. The van der Waals surface area contributed by atoms with E-state index < -0.39 is 4.92 Å². The van der Waals surface area contributed by atoms with Crippen molar-refractivity contribution in [1.82, 2.24) is 9.88 Å². The van der Waals surface area contributed by atoms with Gasteiger partial charge in [0, 0.05) is 23.2 Å². The number of halogens is 2. The molecule has 3 rings (SSSR count). The smallest absolute Gasteiger partial charge is 0.269 e. The maximum absolute atomic E-state index is 13.1. The summed E-state index contributed by atoms with van der Waals surface area (Å²) in [7, 11) is 4.00. The lowest BCUT2D eigenvalue weighted by atomic mass is 10.1. The molecule has 0 aliphatic rings. The van der Waals surface area contributed by atoms with E-state index in [9.17, 15) is 14.9 Å². The van der Waals surface area contributed by atoms with Gasteiger partial charge in [0.2, 0.25) is 5.91 Å². The van der Waals surface area contributed by atoms with Crippen LogP contribution < -0.4 is 4.90 Å². The molecule has 0 saturated carbocycles. The van der Waals surface area contributed by atoms with E-state index >= 15 is 0 Å². The van der Waals surface area contributed by atoms with Gasteiger partial charge in [0.05, 0.1) is 21.6 Å². The van der Waals surface area contributed by atoms with Gasteiger partial charge in [-0.1, -0.05) is 39.4 Å².